The van der Waals surface area contributed by atoms with Crippen molar-refractivity contribution in [3.8, 4) is 0 Å². The molecule has 2 aromatic rings. The van der Waals surface area contributed by atoms with E-state index in [1.54, 1.807) is 26.5 Å². The van der Waals surface area contributed by atoms with Crippen molar-refractivity contribution in [2.75, 3.05) is 47.5 Å². The van der Waals surface area contributed by atoms with Crippen molar-refractivity contribution >= 4 is 46.5 Å². The molecule has 8 nitrogen and oxygen atoms in total. The van der Waals surface area contributed by atoms with Crippen LogP contribution in [0.5, 0.6) is 0 Å². The Labute approximate surface area is 264 Å². The number of aliphatic hydroxyl groups excluding tert-OH is 1. The molecule has 232 valence electrons. The predicted octanol–water partition coefficient (Wildman–Crippen LogP) is 4.35. The topological polar surface area (TPSA) is 84.4 Å². The maximum atomic E-state index is 14.8. The lowest BCUT2D eigenvalue weighted by molar-refractivity contribution is -0.142. The number of para-hydroxylation sites is 1. The number of hydrogen-bond donors (Lipinski definition) is 1. The van der Waals surface area contributed by atoms with Gasteiger partial charge in [-0.3, -0.25) is 14.4 Å². The quantitative estimate of drug-likeness (QED) is 0.446. The molecular formula is C35H42N4O4S. The van der Waals surface area contributed by atoms with E-state index in [0.717, 1.165) is 30.2 Å². The molecule has 44 heavy (non-hydrogen) atoms. The van der Waals surface area contributed by atoms with Crippen molar-refractivity contribution in [3.05, 3.63) is 78.9 Å². The first kappa shape index (κ1) is 30.5. The Morgan fingerprint density at radius 3 is 2.16 bits per heavy atom. The summed E-state index contributed by atoms with van der Waals surface area (Å²) in [6, 6.07) is 16.1. The highest BCUT2D eigenvalue weighted by Crippen LogP contribution is 2.61. The monoisotopic (exact) mass is 614 g/mol. The molecule has 4 aliphatic rings. The number of fused-ring (bicyclic) bond motifs is 2. The zero-order valence-corrected chi connectivity index (χ0v) is 26.7. The van der Waals surface area contributed by atoms with Gasteiger partial charge in [-0.25, -0.2) is 0 Å². The van der Waals surface area contributed by atoms with Crippen molar-refractivity contribution in [2.45, 2.75) is 49.8 Å². The maximum absolute atomic E-state index is 14.8. The summed E-state index contributed by atoms with van der Waals surface area (Å²) in [7, 11) is 0. The van der Waals surface area contributed by atoms with Gasteiger partial charge in [0.2, 0.25) is 11.8 Å². The summed E-state index contributed by atoms with van der Waals surface area (Å²) in [4.78, 5) is 51.3. The highest BCUT2D eigenvalue weighted by molar-refractivity contribution is 8.02. The van der Waals surface area contributed by atoms with Crippen LogP contribution in [0.25, 0.3) is 0 Å². The zero-order chi connectivity index (χ0) is 31.2. The van der Waals surface area contributed by atoms with E-state index in [-0.39, 0.29) is 35.5 Å². The van der Waals surface area contributed by atoms with Crippen LogP contribution < -0.4 is 14.7 Å². The number of likely N-dealkylation sites (tertiary alicyclic amines) is 1. The second kappa shape index (κ2) is 12.1. The number of anilines is 3. The summed E-state index contributed by atoms with van der Waals surface area (Å²) >= 11 is 1.57. The Hall–Kier alpha value is -3.56. The number of thioether (sulfide) groups is 1. The highest BCUT2D eigenvalue weighted by atomic mass is 32.2. The number of rotatable bonds is 8. The van der Waals surface area contributed by atoms with Gasteiger partial charge in [0, 0.05) is 48.5 Å². The SMILES string of the molecule is CCN(CC)c1ccc(N2CC=C[C@]34S[C@@H]5C=CCN(c6ccccc6)C(=O)[C@@H]5[C@H]3C(=O)N([C@@H](CO)C(C)C)C4C2=O)cc1. The molecule has 0 saturated carbocycles. The highest BCUT2D eigenvalue weighted by Gasteiger charge is 2.72. The smallest absolute Gasteiger partial charge is 0.251 e. The van der Waals surface area contributed by atoms with Crippen LogP contribution in [0.4, 0.5) is 17.1 Å². The number of aliphatic hydroxyl groups is 1. The third-order valence-electron chi connectivity index (χ3n) is 9.77. The zero-order valence-electron chi connectivity index (χ0n) is 25.9. The van der Waals surface area contributed by atoms with Crippen LogP contribution in [-0.4, -0.2) is 82.6 Å². The molecule has 4 aliphatic heterocycles. The van der Waals surface area contributed by atoms with Gasteiger partial charge in [0.05, 0.1) is 29.2 Å². The van der Waals surface area contributed by atoms with Gasteiger partial charge in [-0.2, -0.15) is 0 Å². The molecule has 0 aromatic heterocycles. The average Bonchev–Trinajstić information content (AvgIpc) is 3.34. The molecule has 2 aromatic carbocycles. The van der Waals surface area contributed by atoms with Crippen molar-refractivity contribution in [1.82, 2.24) is 4.90 Å². The Morgan fingerprint density at radius 1 is 0.886 bits per heavy atom. The molecule has 1 N–H and O–H groups in total. The fraction of sp³-hybridized carbons (Fsp3) is 0.457. The van der Waals surface area contributed by atoms with Gasteiger partial charge in [0.1, 0.15) is 6.04 Å². The molecule has 0 aliphatic carbocycles. The number of benzene rings is 2. The fourth-order valence-corrected chi connectivity index (χ4v) is 9.55. The summed E-state index contributed by atoms with van der Waals surface area (Å²) in [5, 5.41) is 10.3. The standard InChI is InChI=1S/C35H42N4O4S/c1-5-36(6-2)24-15-17-26(18-16-24)38-21-11-19-35-30(33(42)39(31(35)34(38)43)27(22-40)23(3)4)29-28(44-35)14-10-20-37(32(29)41)25-12-8-7-9-13-25/h7-19,23,27-31,40H,5-6,20-22H2,1-4H3/t27-,28+,29-,30-,31?,35-/m0/s1. The molecule has 0 radical (unpaired) electrons. The Bertz CT molecular complexity index is 1460. The van der Waals surface area contributed by atoms with Crippen LogP contribution in [0.2, 0.25) is 0 Å². The van der Waals surface area contributed by atoms with Crippen LogP contribution in [0.1, 0.15) is 27.7 Å². The molecule has 2 fully saturated rings. The Balaban J connectivity index is 1.43. The minimum absolute atomic E-state index is 0.0898. The van der Waals surface area contributed by atoms with Crippen LogP contribution in [0.15, 0.2) is 78.9 Å². The summed E-state index contributed by atoms with van der Waals surface area (Å²) in [5.41, 5.74) is 2.64. The van der Waals surface area contributed by atoms with Crippen molar-refractivity contribution in [1.29, 1.82) is 0 Å². The van der Waals surface area contributed by atoms with Crippen molar-refractivity contribution in [3.63, 3.8) is 0 Å². The molecule has 2 saturated heterocycles. The average molecular weight is 615 g/mol. The van der Waals surface area contributed by atoms with E-state index >= 15 is 0 Å². The van der Waals surface area contributed by atoms with Crippen LogP contribution in [0.3, 0.4) is 0 Å². The number of carbonyl (C=O) groups is 3. The Morgan fingerprint density at radius 2 is 1.52 bits per heavy atom. The minimum atomic E-state index is -0.943. The first-order chi connectivity index (χ1) is 21.3. The third-order valence-corrected chi connectivity index (χ3v) is 11.5. The molecule has 6 atom stereocenters. The first-order valence-electron chi connectivity index (χ1n) is 15.7. The van der Waals surface area contributed by atoms with Crippen LogP contribution >= 0.6 is 11.8 Å². The summed E-state index contributed by atoms with van der Waals surface area (Å²) in [6.45, 7) is 10.4. The van der Waals surface area contributed by atoms with Gasteiger partial charge in [-0.1, -0.05) is 56.4 Å². The van der Waals surface area contributed by atoms with E-state index in [9.17, 15) is 19.5 Å². The summed E-state index contributed by atoms with van der Waals surface area (Å²) in [5.74, 6) is -1.97. The van der Waals surface area contributed by atoms with Gasteiger partial charge >= 0.3 is 0 Å². The van der Waals surface area contributed by atoms with Crippen molar-refractivity contribution < 1.29 is 19.5 Å². The normalized spacial score (nSPS) is 28.6. The molecule has 1 unspecified atom stereocenters. The lowest BCUT2D eigenvalue weighted by atomic mass is 9.78. The fourth-order valence-electron chi connectivity index (χ4n) is 7.56. The third kappa shape index (κ3) is 4.76. The molecular weight excluding hydrogens is 572 g/mol. The number of hydrogen-bond acceptors (Lipinski definition) is 6. The minimum Gasteiger partial charge on any atom is -0.394 e. The lowest BCUT2D eigenvalue weighted by Gasteiger charge is -2.39. The lowest BCUT2D eigenvalue weighted by Crippen LogP contribution is -2.57. The van der Waals surface area contributed by atoms with E-state index in [2.05, 4.69) is 24.8 Å². The second-order valence-electron chi connectivity index (χ2n) is 12.3. The number of amides is 3. The molecule has 1 spiro atoms. The largest absolute Gasteiger partial charge is 0.394 e. The van der Waals surface area contributed by atoms with E-state index in [4.69, 9.17) is 0 Å². The molecule has 3 amide bonds. The van der Waals surface area contributed by atoms with Gasteiger partial charge < -0.3 is 24.7 Å². The van der Waals surface area contributed by atoms with E-state index < -0.39 is 28.7 Å². The first-order valence-corrected chi connectivity index (χ1v) is 16.6. The van der Waals surface area contributed by atoms with Gasteiger partial charge in [-0.15, -0.1) is 11.8 Å². The predicted molar refractivity (Wildman–Crippen MR) is 177 cm³/mol. The van der Waals surface area contributed by atoms with E-state index in [1.807, 2.05) is 86.7 Å². The Kier molecular flexibility index (Phi) is 8.37. The summed E-state index contributed by atoms with van der Waals surface area (Å²) in [6.07, 6.45) is 8.08. The molecule has 6 rings (SSSR count). The molecule has 4 heterocycles. The number of nitrogens with zero attached hydrogens (tertiary/aromatic N) is 4. The van der Waals surface area contributed by atoms with Gasteiger partial charge in [0.15, 0.2) is 0 Å². The second-order valence-corrected chi connectivity index (χ2v) is 13.8. The summed E-state index contributed by atoms with van der Waals surface area (Å²) < 4.78 is -0.943. The van der Waals surface area contributed by atoms with E-state index in [0.29, 0.717) is 13.1 Å². The maximum Gasteiger partial charge on any atom is 0.251 e. The van der Waals surface area contributed by atoms with Gasteiger partial charge in [0.25, 0.3) is 5.91 Å². The number of carbonyl (C=O) groups excluding carboxylic acids is 3. The van der Waals surface area contributed by atoms with Crippen LogP contribution in [-0.2, 0) is 14.4 Å². The van der Waals surface area contributed by atoms with Crippen LogP contribution in [0, 0.1) is 17.8 Å². The molecule has 0 bridgehead atoms. The van der Waals surface area contributed by atoms with Gasteiger partial charge in [-0.05, 0) is 56.2 Å². The van der Waals surface area contributed by atoms with Crippen molar-refractivity contribution in [2.24, 2.45) is 17.8 Å². The van der Waals surface area contributed by atoms with E-state index in [1.165, 1.54) is 0 Å². The molecule has 9 heteroatoms.